The maximum Gasteiger partial charge on any atom is 0.220 e. The van der Waals surface area contributed by atoms with Crippen LogP contribution in [0.2, 0.25) is 0 Å². The third-order valence-corrected chi connectivity index (χ3v) is 5.13. The maximum absolute atomic E-state index is 12.1. The predicted molar refractivity (Wildman–Crippen MR) is 91.8 cm³/mol. The van der Waals surface area contributed by atoms with Gasteiger partial charge in [0, 0.05) is 14.0 Å². The second-order valence-corrected chi connectivity index (χ2v) is 6.93. The number of amides is 1. The van der Waals surface area contributed by atoms with Gasteiger partial charge in [0.15, 0.2) is 5.82 Å². The molecule has 1 fully saturated rings. The van der Waals surface area contributed by atoms with Crippen LogP contribution in [0.1, 0.15) is 56.0 Å². The number of hydrogen-bond acceptors (Lipinski definition) is 4. The zero-order valence-corrected chi connectivity index (χ0v) is 14.9. The lowest BCUT2D eigenvalue weighted by atomic mass is 9.79. The van der Waals surface area contributed by atoms with Gasteiger partial charge in [0.1, 0.15) is 5.54 Å². The van der Waals surface area contributed by atoms with Crippen LogP contribution in [0.3, 0.4) is 0 Å². The van der Waals surface area contributed by atoms with Gasteiger partial charge in [-0.3, -0.25) is 4.79 Å². The standard InChI is InChI=1S/C18H25N5O/c1-13-10-14(2)12-16(11-13)23-17(19-20-21-23)18(22(4)15(3)24)8-6-5-7-9-18/h10-12H,5-9H2,1-4H3. The smallest absolute Gasteiger partial charge is 0.220 e. The number of tetrazole rings is 1. The summed E-state index contributed by atoms with van der Waals surface area (Å²) in [5.74, 6) is 0.816. The monoisotopic (exact) mass is 327 g/mol. The first-order valence-corrected chi connectivity index (χ1v) is 8.56. The SMILES string of the molecule is CC(=O)N(C)C1(c2nnnn2-c2cc(C)cc(C)c2)CCCCC1. The molecule has 3 rings (SSSR count). The van der Waals surface area contributed by atoms with E-state index in [0.29, 0.717) is 0 Å². The molecule has 0 bridgehead atoms. The van der Waals surface area contributed by atoms with E-state index in [0.717, 1.165) is 37.2 Å². The van der Waals surface area contributed by atoms with Crippen LogP contribution in [0, 0.1) is 13.8 Å². The number of hydrogen-bond donors (Lipinski definition) is 0. The molecule has 1 aromatic heterocycles. The molecule has 1 amide bonds. The second-order valence-electron chi connectivity index (χ2n) is 6.93. The number of aryl methyl sites for hydroxylation is 2. The molecule has 0 N–H and O–H groups in total. The molecular formula is C18H25N5O. The molecule has 2 aromatic rings. The van der Waals surface area contributed by atoms with Gasteiger partial charge < -0.3 is 4.90 Å². The Balaban J connectivity index is 2.14. The summed E-state index contributed by atoms with van der Waals surface area (Å²) in [6.45, 7) is 5.75. The van der Waals surface area contributed by atoms with Gasteiger partial charge in [-0.2, -0.15) is 4.68 Å². The first kappa shape index (κ1) is 16.6. The van der Waals surface area contributed by atoms with Gasteiger partial charge >= 0.3 is 0 Å². The van der Waals surface area contributed by atoms with E-state index in [1.807, 2.05) is 16.6 Å². The predicted octanol–water partition coefficient (Wildman–Crippen LogP) is 2.92. The Bertz CT molecular complexity index is 725. The Hall–Kier alpha value is -2.24. The van der Waals surface area contributed by atoms with Gasteiger partial charge in [-0.1, -0.05) is 25.3 Å². The molecule has 6 nitrogen and oxygen atoms in total. The molecule has 0 atom stereocenters. The molecule has 1 saturated carbocycles. The molecule has 6 heteroatoms. The second kappa shape index (κ2) is 6.34. The van der Waals surface area contributed by atoms with Crippen molar-refractivity contribution in [3.8, 4) is 5.69 Å². The fraction of sp³-hybridized carbons (Fsp3) is 0.556. The lowest BCUT2D eigenvalue weighted by molar-refractivity contribution is -0.135. The Kier molecular flexibility index (Phi) is 4.39. The third-order valence-electron chi connectivity index (χ3n) is 5.13. The topological polar surface area (TPSA) is 63.9 Å². The van der Waals surface area contributed by atoms with Crippen LogP contribution in [0.15, 0.2) is 18.2 Å². The summed E-state index contributed by atoms with van der Waals surface area (Å²) >= 11 is 0. The highest BCUT2D eigenvalue weighted by Gasteiger charge is 2.44. The van der Waals surface area contributed by atoms with Crippen molar-refractivity contribution in [3.05, 3.63) is 35.2 Å². The van der Waals surface area contributed by atoms with E-state index in [9.17, 15) is 4.79 Å². The zero-order chi connectivity index (χ0) is 17.3. The average Bonchev–Trinajstić information content (AvgIpc) is 3.04. The lowest BCUT2D eigenvalue weighted by Gasteiger charge is -2.43. The van der Waals surface area contributed by atoms with Crippen LogP contribution in [0.5, 0.6) is 0 Å². The summed E-state index contributed by atoms with van der Waals surface area (Å²) in [6, 6.07) is 6.29. The van der Waals surface area contributed by atoms with E-state index in [1.54, 1.807) is 6.92 Å². The van der Waals surface area contributed by atoms with Crippen molar-refractivity contribution in [3.63, 3.8) is 0 Å². The van der Waals surface area contributed by atoms with E-state index >= 15 is 0 Å². The molecule has 0 radical (unpaired) electrons. The van der Waals surface area contributed by atoms with E-state index in [1.165, 1.54) is 17.5 Å². The summed E-state index contributed by atoms with van der Waals surface area (Å²) < 4.78 is 1.81. The minimum absolute atomic E-state index is 0.0480. The Labute approximate surface area is 142 Å². The van der Waals surface area contributed by atoms with Crippen molar-refractivity contribution < 1.29 is 4.79 Å². The lowest BCUT2D eigenvalue weighted by Crippen LogP contribution is -2.49. The van der Waals surface area contributed by atoms with Crippen molar-refractivity contribution in [2.24, 2.45) is 0 Å². The third kappa shape index (κ3) is 2.81. The largest absolute Gasteiger partial charge is 0.333 e. The number of rotatable bonds is 3. The average molecular weight is 327 g/mol. The Morgan fingerprint density at radius 1 is 1.12 bits per heavy atom. The van der Waals surface area contributed by atoms with Crippen LogP contribution >= 0.6 is 0 Å². The van der Waals surface area contributed by atoms with E-state index in [-0.39, 0.29) is 5.91 Å². The number of carbonyl (C=O) groups is 1. The number of nitrogens with zero attached hydrogens (tertiary/aromatic N) is 5. The summed E-state index contributed by atoms with van der Waals surface area (Å²) in [5.41, 5.74) is 2.87. The van der Waals surface area contributed by atoms with Gasteiger partial charge in [0.25, 0.3) is 0 Å². The number of aromatic nitrogens is 4. The highest BCUT2D eigenvalue weighted by atomic mass is 16.2. The van der Waals surface area contributed by atoms with Gasteiger partial charge in [-0.25, -0.2) is 0 Å². The molecule has 1 heterocycles. The minimum atomic E-state index is -0.425. The molecular weight excluding hydrogens is 302 g/mol. The van der Waals surface area contributed by atoms with Gasteiger partial charge in [0.05, 0.1) is 5.69 Å². The van der Waals surface area contributed by atoms with Crippen molar-refractivity contribution in [1.82, 2.24) is 25.1 Å². The summed E-state index contributed by atoms with van der Waals surface area (Å²) in [4.78, 5) is 14.0. The highest BCUT2D eigenvalue weighted by Crippen LogP contribution is 2.41. The molecule has 0 saturated heterocycles. The first-order valence-electron chi connectivity index (χ1n) is 8.56. The maximum atomic E-state index is 12.1. The zero-order valence-electron chi connectivity index (χ0n) is 14.9. The van der Waals surface area contributed by atoms with Gasteiger partial charge in [-0.05, 0) is 60.4 Å². The molecule has 0 unspecified atom stereocenters. The molecule has 0 spiro atoms. The molecule has 1 aliphatic rings. The summed E-state index contributed by atoms with van der Waals surface area (Å²) in [6.07, 6.45) is 5.15. The molecule has 1 aliphatic carbocycles. The fourth-order valence-corrected chi connectivity index (χ4v) is 3.87. The van der Waals surface area contributed by atoms with E-state index in [2.05, 4.69) is 47.6 Å². The van der Waals surface area contributed by atoms with Gasteiger partial charge in [0.2, 0.25) is 5.91 Å². The fourth-order valence-electron chi connectivity index (χ4n) is 3.87. The van der Waals surface area contributed by atoms with Crippen molar-refractivity contribution in [2.75, 3.05) is 7.05 Å². The molecule has 128 valence electrons. The quantitative estimate of drug-likeness (QED) is 0.869. The molecule has 0 aliphatic heterocycles. The van der Waals surface area contributed by atoms with E-state index < -0.39 is 5.54 Å². The van der Waals surface area contributed by atoms with E-state index in [4.69, 9.17) is 0 Å². The Morgan fingerprint density at radius 2 is 1.75 bits per heavy atom. The van der Waals surface area contributed by atoms with Crippen molar-refractivity contribution in [2.45, 2.75) is 58.4 Å². The Morgan fingerprint density at radius 3 is 2.33 bits per heavy atom. The van der Waals surface area contributed by atoms with Crippen LogP contribution in [-0.4, -0.2) is 38.1 Å². The van der Waals surface area contributed by atoms with Crippen LogP contribution in [-0.2, 0) is 10.3 Å². The summed E-state index contributed by atoms with van der Waals surface area (Å²) in [7, 11) is 1.87. The normalized spacial score (nSPS) is 16.8. The summed E-state index contributed by atoms with van der Waals surface area (Å²) in [5, 5.41) is 12.6. The van der Waals surface area contributed by atoms with Gasteiger partial charge in [-0.15, -0.1) is 5.10 Å². The highest BCUT2D eigenvalue weighted by molar-refractivity contribution is 5.74. The first-order chi connectivity index (χ1) is 11.4. The minimum Gasteiger partial charge on any atom is -0.333 e. The van der Waals surface area contributed by atoms with Crippen LogP contribution in [0.25, 0.3) is 5.69 Å². The number of carbonyl (C=O) groups excluding carboxylic acids is 1. The molecule has 24 heavy (non-hydrogen) atoms. The van der Waals surface area contributed by atoms with Crippen LogP contribution in [0.4, 0.5) is 0 Å². The van der Waals surface area contributed by atoms with Crippen molar-refractivity contribution in [1.29, 1.82) is 0 Å². The number of benzene rings is 1. The molecule has 1 aromatic carbocycles. The van der Waals surface area contributed by atoms with Crippen molar-refractivity contribution >= 4 is 5.91 Å². The van der Waals surface area contributed by atoms with Crippen LogP contribution < -0.4 is 0 Å².